The third-order valence-corrected chi connectivity index (χ3v) is 5.24. The molecule has 1 N–H and O–H groups in total. The Morgan fingerprint density at radius 2 is 2.09 bits per heavy atom. The minimum Gasteiger partial charge on any atom is -0.486 e. The number of carbonyl (C=O) groups excluding carboxylic acids is 1. The van der Waals surface area contributed by atoms with Crippen LogP contribution in [0.2, 0.25) is 0 Å². The Morgan fingerprint density at radius 3 is 2.86 bits per heavy atom. The molecule has 0 unspecified atom stereocenters. The fourth-order valence-electron chi connectivity index (χ4n) is 3.52. The van der Waals surface area contributed by atoms with Gasteiger partial charge in [0.1, 0.15) is 29.5 Å². The summed E-state index contributed by atoms with van der Waals surface area (Å²) in [6, 6.07) is 10.5. The van der Waals surface area contributed by atoms with Gasteiger partial charge in [0, 0.05) is 42.0 Å². The number of aryl methyl sites for hydroxylation is 1. The van der Waals surface area contributed by atoms with Crippen molar-refractivity contribution in [1.82, 2.24) is 19.4 Å². The van der Waals surface area contributed by atoms with Gasteiger partial charge in [0.2, 0.25) is 5.91 Å². The predicted molar refractivity (Wildman–Crippen MR) is 126 cm³/mol. The van der Waals surface area contributed by atoms with Crippen LogP contribution in [-0.2, 0) is 17.9 Å². The first-order valence-electron chi connectivity index (χ1n) is 10.7. The number of ether oxygens (including phenoxy) is 1. The fraction of sp³-hybridized carbons (Fsp3) is 0.160. The van der Waals surface area contributed by atoms with Crippen molar-refractivity contribution in [3.63, 3.8) is 0 Å². The lowest BCUT2D eigenvalue weighted by Crippen LogP contribution is -2.10. The summed E-state index contributed by atoms with van der Waals surface area (Å²) in [6.45, 7) is 3.83. The van der Waals surface area contributed by atoms with Crippen LogP contribution >= 0.6 is 0 Å². The molecule has 0 bridgehead atoms. The van der Waals surface area contributed by atoms with E-state index in [9.17, 15) is 14.4 Å². The third-order valence-electron chi connectivity index (χ3n) is 5.24. The van der Waals surface area contributed by atoms with Gasteiger partial charge in [-0.3, -0.25) is 9.48 Å². The number of anilines is 1. The van der Waals surface area contributed by atoms with Crippen molar-refractivity contribution in [1.29, 1.82) is 10.5 Å². The van der Waals surface area contributed by atoms with Crippen LogP contribution < -0.4 is 10.1 Å². The third kappa shape index (κ3) is 5.02. The van der Waals surface area contributed by atoms with Gasteiger partial charge in [-0.25, -0.2) is 8.91 Å². The van der Waals surface area contributed by atoms with E-state index in [1.165, 1.54) is 16.8 Å². The summed E-state index contributed by atoms with van der Waals surface area (Å²) in [6.07, 6.45) is 8.92. The zero-order chi connectivity index (χ0) is 24.8. The summed E-state index contributed by atoms with van der Waals surface area (Å²) >= 11 is 0. The number of amides is 1. The van der Waals surface area contributed by atoms with Gasteiger partial charge in [-0.2, -0.15) is 20.7 Å². The smallest absolute Gasteiger partial charge is 0.247 e. The normalized spacial score (nSPS) is 10.5. The van der Waals surface area contributed by atoms with Crippen LogP contribution in [0.15, 0.2) is 61.7 Å². The molecule has 3 aromatic heterocycles. The SMILES string of the molecule is C=CC(=O)Nc1cccc(COc2cc(-c3cnn(CCCC#N)c3)cn3ncc(C#N)c23)c1F. The molecule has 0 aliphatic carbocycles. The number of unbranched alkanes of at least 4 members (excludes halogenated alkanes) is 1. The molecule has 0 spiro atoms. The molecule has 10 heteroatoms. The van der Waals surface area contributed by atoms with Crippen LogP contribution in [0, 0.1) is 28.5 Å². The van der Waals surface area contributed by atoms with Gasteiger partial charge in [0.05, 0.1) is 24.2 Å². The van der Waals surface area contributed by atoms with E-state index in [1.54, 1.807) is 35.3 Å². The van der Waals surface area contributed by atoms with Crippen LogP contribution in [0.4, 0.5) is 10.1 Å². The Labute approximate surface area is 200 Å². The first-order valence-corrected chi connectivity index (χ1v) is 10.7. The fourth-order valence-corrected chi connectivity index (χ4v) is 3.52. The minimum atomic E-state index is -0.623. The number of aromatic nitrogens is 4. The van der Waals surface area contributed by atoms with Crippen LogP contribution in [0.25, 0.3) is 16.6 Å². The Hall–Kier alpha value is -4.96. The molecular weight excluding hydrogens is 449 g/mol. The lowest BCUT2D eigenvalue weighted by Gasteiger charge is -2.12. The largest absolute Gasteiger partial charge is 0.486 e. The lowest BCUT2D eigenvalue weighted by molar-refractivity contribution is -0.111. The molecule has 0 aliphatic rings. The van der Waals surface area contributed by atoms with E-state index in [0.29, 0.717) is 36.2 Å². The molecule has 0 fully saturated rings. The highest BCUT2D eigenvalue weighted by Gasteiger charge is 2.16. The quantitative estimate of drug-likeness (QED) is 0.289. The molecular formula is C25H20FN7O2. The van der Waals surface area contributed by atoms with E-state index < -0.39 is 11.7 Å². The Bertz CT molecular complexity index is 1490. The first-order chi connectivity index (χ1) is 17.0. The maximum Gasteiger partial charge on any atom is 0.247 e. The molecule has 0 radical (unpaired) electrons. The highest BCUT2D eigenvalue weighted by Crippen LogP contribution is 2.31. The van der Waals surface area contributed by atoms with Crippen LogP contribution in [0.3, 0.4) is 0 Å². The second-order valence-electron chi connectivity index (χ2n) is 7.57. The summed E-state index contributed by atoms with van der Waals surface area (Å²) in [7, 11) is 0. The maximum absolute atomic E-state index is 14.9. The molecule has 0 aliphatic heterocycles. The van der Waals surface area contributed by atoms with Crippen molar-refractivity contribution in [2.75, 3.05) is 5.32 Å². The second-order valence-corrected chi connectivity index (χ2v) is 7.57. The number of nitrogens with one attached hydrogen (secondary N) is 1. The molecule has 1 amide bonds. The highest BCUT2D eigenvalue weighted by atomic mass is 19.1. The molecule has 4 rings (SSSR count). The number of nitriles is 2. The summed E-state index contributed by atoms with van der Waals surface area (Å²) in [4.78, 5) is 11.6. The number of rotatable bonds is 9. The number of fused-ring (bicyclic) bond motifs is 1. The molecule has 0 atom stereocenters. The molecule has 0 saturated carbocycles. The molecule has 4 aromatic rings. The Morgan fingerprint density at radius 1 is 1.23 bits per heavy atom. The molecule has 0 saturated heterocycles. The van der Waals surface area contributed by atoms with Gasteiger partial charge in [-0.1, -0.05) is 18.7 Å². The van der Waals surface area contributed by atoms with Gasteiger partial charge >= 0.3 is 0 Å². The minimum absolute atomic E-state index is 0.0146. The summed E-state index contributed by atoms with van der Waals surface area (Å²) < 4.78 is 24.2. The number of carbonyl (C=O) groups is 1. The molecule has 1 aromatic carbocycles. The van der Waals surface area contributed by atoms with Gasteiger partial charge in [-0.15, -0.1) is 0 Å². The maximum atomic E-state index is 14.9. The average Bonchev–Trinajstić information content (AvgIpc) is 3.51. The van der Waals surface area contributed by atoms with Crippen LogP contribution in [-0.4, -0.2) is 25.3 Å². The Kier molecular flexibility index (Phi) is 6.84. The van der Waals surface area contributed by atoms with Gasteiger partial charge in [0.25, 0.3) is 0 Å². The summed E-state index contributed by atoms with van der Waals surface area (Å²) in [5.74, 6) is -0.807. The van der Waals surface area contributed by atoms with Crippen molar-refractivity contribution in [3.05, 3.63) is 78.7 Å². The summed E-state index contributed by atoms with van der Waals surface area (Å²) in [5.41, 5.74) is 2.53. The van der Waals surface area contributed by atoms with E-state index in [1.807, 2.05) is 6.20 Å². The van der Waals surface area contributed by atoms with E-state index in [-0.39, 0.29) is 17.9 Å². The number of pyridine rings is 1. The van der Waals surface area contributed by atoms with E-state index in [0.717, 1.165) is 17.2 Å². The predicted octanol–water partition coefficient (Wildman–Crippen LogP) is 4.22. The number of halogens is 1. The number of nitrogens with zero attached hydrogens (tertiary/aromatic N) is 6. The summed E-state index contributed by atoms with van der Waals surface area (Å²) in [5, 5.41) is 29.2. The molecule has 174 valence electrons. The van der Waals surface area contributed by atoms with E-state index in [2.05, 4.69) is 34.2 Å². The number of hydrogen-bond donors (Lipinski definition) is 1. The molecule has 35 heavy (non-hydrogen) atoms. The number of hydrogen-bond acceptors (Lipinski definition) is 6. The van der Waals surface area contributed by atoms with Crippen molar-refractivity contribution in [2.45, 2.75) is 26.0 Å². The first kappa shape index (κ1) is 23.2. The average molecular weight is 469 g/mol. The van der Waals surface area contributed by atoms with Gasteiger partial charge in [0.15, 0.2) is 5.82 Å². The standard InChI is InChI=1S/C25H20FN7O2/c1-2-23(34)31-21-7-5-6-17(24(21)26)16-35-22-10-18(15-33-25(22)19(11-28)12-30-33)20-13-29-32(14-20)9-4-3-8-27/h2,5-7,10,12-15H,1,3-4,9,16H2,(H,31,34). The second kappa shape index (κ2) is 10.3. The Balaban J connectivity index is 1.65. The van der Waals surface area contributed by atoms with Crippen molar-refractivity contribution in [2.24, 2.45) is 0 Å². The lowest BCUT2D eigenvalue weighted by atomic mass is 10.1. The van der Waals surface area contributed by atoms with Gasteiger partial charge < -0.3 is 10.1 Å². The zero-order valence-corrected chi connectivity index (χ0v) is 18.6. The van der Waals surface area contributed by atoms with Crippen molar-refractivity contribution < 1.29 is 13.9 Å². The van der Waals surface area contributed by atoms with E-state index >= 15 is 0 Å². The zero-order valence-electron chi connectivity index (χ0n) is 18.6. The van der Waals surface area contributed by atoms with Crippen molar-refractivity contribution >= 4 is 17.1 Å². The van der Waals surface area contributed by atoms with Crippen molar-refractivity contribution in [3.8, 4) is 29.0 Å². The van der Waals surface area contributed by atoms with Gasteiger partial charge in [-0.05, 0) is 24.6 Å². The number of benzene rings is 1. The molecule has 3 heterocycles. The molecule has 9 nitrogen and oxygen atoms in total. The highest BCUT2D eigenvalue weighted by molar-refractivity contribution is 5.99. The monoisotopic (exact) mass is 469 g/mol. The van der Waals surface area contributed by atoms with Crippen LogP contribution in [0.5, 0.6) is 5.75 Å². The topological polar surface area (TPSA) is 121 Å². The van der Waals surface area contributed by atoms with E-state index in [4.69, 9.17) is 10.00 Å². The van der Waals surface area contributed by atoms with Crippen LogP contribution in [0.1, 0.15) is 24.0 Å².